The van der Waals surface area contributed by atoms with Gasteiger partial charge >= 0.3 is 0 Å². The zero-order valence-electron chi connectivity index (χ0n) is 25.3. The number of fused-ring (bicyclic) bond motifs is 1. The molecule has 2 aliphatic heterocycles. The monoisotopic (exact) mass is 611 g/mol. The molecule has 4 heterocycles. The number of rotatable bonds is 8. The van der Waals surface area contributed by atoms with Crippen molar-refractivity contribution in [3.05, 3.63) is 83.1 Å². The summed E-state index contributed by atoms with van der Waals surface area (Å²) in [6.45, 7) is 6.68. The Kier molecular flexibility index (Phi) is 8.07. The maximum absolute atomic E-state index is 14.4. The topological polar surface area (TPSA) is 140 Å². The Balaban J connectivity index is 1.49. The molecule has 4 aromatic rings. The maximum atomic E-state index is 14.4. The molecule has 0 aliphatic carbocycles. The number of aromatic nitrogens is 4. The number of allylic oxidation sites excluding steroid dienone is 2. The highest BCUT2D eigenvalue weighted by Crippen LogP contribution is 2.40. The molecular weight excluding hydrogens is 577 g/mol. The lowest BCUT2D eigenvalue weighted by atomic mass is 9.88. The Morgan fingerprint density at radius 3 is 2.64 bits per heavy atom. The fourth-order valence-electron chi connectivity index (χ4n) is 6.23. The SMILES string of the molecule is Cc1ccccc1/C(C1=CCN(C(=O)C2CN(C)C2)CC1)=C(\OC=O)C(C)n1nc(-c2cc(O)cc(F)c2)c2c(N)ncnc21. The minimum Gasteiger partial charge on any atom is -0.508 e. The molecule has 1 fully saturated rings. The summed E-state index contributed by atoms with van der Waals surface area (Å²) in [6, 6.07) is 10.7. The molecule has 2 aromatic heterocycles. The molecular formula is C33H34FN7O4. The van der Waals surface area contributed by atoms with Gasteiger partial charge in [-0.15, -0.1) is 0 Å². The van der Waals surface area contributed by atoms with E-state index in [0.29, 0.717) is 42.8 Å². The molecule has 2 aliphatic rings. The first-order valence-electron chi connectivity index (χ1n) is 14.7. The molecule has 0 radical (unpaired) electrons. The van der Waals surface area contributed by atoms with Crippen LogP contribution in [0.4, 0.5) is 10.2 Å². The van der Waals surface area contributed by atoms with Crippen LogP contribution in [0.15, 0.2) is 66.2 Å². The molecule has 2 aromatic carbocycles. The van der Waals surface area contributed by atoms with E-state index in [2.05, 4.69) is 14.9 Å². The van der Waals surface area contributed by atoms with Crippen molar-refractivity contribution >= 4 is 34.8 Å². The number of anilines is 1. The van der Waals surface area contributed by atoms with Crippen molar-refractivity contribution in [3.8, 4) is 17.0 Å². The molecule has 0 saturated carbocycles. The van der Waals surface area contributed by atoms with E-state index in [0.717, 1.165) is 41.4 Å². The average molecular weight is 612 g/mol. The van der Waals surface area contributed by atoms with Crippen LogP contribution < -0.4 is 5.73 Å². The first-order valence-corrected chi connectivity index (χ1v) is 14.7. The number of phenols is 1. The third-order valence-corrected chi connectivity index (χ3v) is 8.51. The van der Waals surface area contributed by atoms with E-state index >= 15 is 0 Å². The number of halogens is 1. The lowest BCUT2D eigenvalue weighted by Crippen LogP contribution is -2.53. The number of aryl methyl sites for hydroxylation is 1. The molecule has 3 N–H and O–H groups in total. The van der Waals surface area contributed by atoms with Crippen LogP contribution in [0.5, 0.6) is 5.75 Å². The van der Waals surface area contributed by atoms with Crippen LogP contribution >= 0.6 is 0 Å². The van der Waals surface area contributed by atoms with E-state index in [1.807, 2.05) is 56.1 Å². The third-order valence-electron chi connectivity index (χ3n) is 8.51. The van der Waals surface area contributed by atoms with Gasteiger partial charge in [0.15, 0.2) is 5.65 Å². The summed E-state index contributed by atoms with van der Waals surface area (Å²) in [7, 11) is 2.00. The molecule has 1 amide bonds. The number of likely N-dealkylation sites (tertiary alicyclic amines) is 1. The van der Waals surface area contributed by atoms with Crippen LogP contribution in [0.25, 0.3) is 27.9 Å². The predicted octanol–water partition coefficient (Wildman–Crippen LogP) is 4.09. The van der Waals surface area contributed by atoms with E-state index in [1.54, 1.807) is 4.68 Å². The van der Waals surface area contributed by atoms with Gasteiger partial charge in [0.05, 0.1) is 11.3 Å². The Morgan fingerprint density at radius 1 is 1.20 bits per heavy atom. The summed E-state index contributed by atoms with van der Waals surface area (Å²) in [6.07, 6.45) is 3.88. The molecule has 12 heteroatoms. The van der Waals surface area contributed by atoms with E-state index in [9.17, 15) is 19.1 Å². The van der Waals surface area contributed by atoms with Gasteiger partial charge in [-0.1, -0.05) is 30.3 Å². The second-order valence-electron chi connectivity index (χ2n) is 11.6. The van der Waals surface area contributed by atoms with Gasteiger partial charge in [-0.25, -0.2) is 19.0 Å². The molecule has 1 atom stereocenters. The van der Waals surface area contributed by atoms with Crippen molar-refractivity contribution in [1.29, 1.82) is 0 Å². The van der Waals surface area contributed by atoms with E-state index < -0.39 is 11.9 Å². The van der Waals surface area contributed by atoms with Crippen molar-refractivity contribution in [3.63, 3.8) is 0 Å². The zero-order chi connectivity index (χ0) is 31.8. The molecule has 0 spiro atoms. The minimum atomic E-state index is -0.705. The van der Waals surface area contributed by atoms with E-state index in [1.165, 1.54) is 18.5 Å². The number of aromatic hydroxyl groups is 1. The molecule has 1 saturated heterocycles. The Hall–Kier alpha value is -5.10. The highest BCUT2D eigenvalue weighted by atomic mass is 19.1. The summed E-state index contributed by atoms with van der Waals surface area (Å²) in [4.78, 5) is 37.7. The van der Waals surface area contributed by atoms with Crippen LogP contribution in [-0.4, -0.2) is 80.3 Å². The highest BCUT2D eigenvalue weighted by molar-refractivity contribution is 5.98. The van der Waals surface area contributed by atoms with Gasteiger partial charge in [-0.05, 0) is 56.1 Å². The second-order valence-corrected chi connectivity index (χ2v) is 11.6. The lowest BCUT2D eigenvalue weighted by molar-refractivity contribution is -0.140. The van der Waals surface area contributed by atoms with Gasteiger partial charge in [-0.2, -0.15) is 5.10 Å². The standard InChI is InChI=1S/C33H34FN7O4/c1-19-6-4-5-7-26(19)27(21-8-10-40(11-9-21)33(44)23-15-39(3)16-23)30(45-18-42)20(2)41-32-28(31(35)36-17-37-32)29(38-41)22-12-24(34)14-25(43)13-22/h4-8,12-14,17-18,20,23,43H,9-11,15-16H2,1-3H3,(H2,35,36,37)/b30-27-. The normalized spacial score (nSPS) is 17.0. The number of nitrogens with zero attached hydrogens (tertiary/aromatic N) is 6. The summed E-state index contributed by atoms with van der Waals surface area (Å²) in [5.41, 5.74) is 10.7. The van der Waals surface area contributed by atoms with Gasteiger partial charge in [0, 0.05) is 43.4 Å². The smallest absolute Gasteiger partial charge is 0.298 e. The Morgan fingerprint density at radius 2 is 1.98 bits per heavy atom. The molecule has 45 heavy (non-hydrogen) atoms. The van der Waals surface area contributed by atoms with Crippen LogP contribution in [0.3, 0.4) is 0 Å². The van der Waals surface area contributed by atoms with Crippen molar-refractivity contribution in [2.24, 2.45) is 5.92 Å². The molecule has 232 valence electrons. The fraction of sp³-hybridized carbons (Fsp3) is 0.303. The zero-order valence-corrected chi connectivity index (χ0v) is 25.3. The van der Waals surface area contributed by atoms with Crippen molar-refractivity contribution in [1.82, 2.24) is 29.5 Å². The summed E-state index contributed by atoms with van der Waals surface area (Å²) < 4.78 is 21.7. The predicted molar refractivity (Wildman–Crippen MR) is 167 cm³/mol. The Labute approximate surface area is 259 Å². The number of benzene rings is 2. The van der Waals surface area contributed by atoms with Gasteiger partial charge in [0.1, 0.15) is 41.2 Å². The van der Waals surface area contributed by atoms with Crippen LogP contribution in [-0.2, 0) is 14.3 Å². The Bertz CT molecular complexity index is 1840. The summed E-state index contributed by atoms with van der Waals surface area (Å²) in [5, 5.41) is 15.3. The molecule has 6 rings (SSSR count). The second kappa shape index (κ2) is 12.1. The number of carbonyl (C=O) groups is 2. The number of hydrogen-bond donors (Lipinski definition) is 2. The third kappa shape index (κ3) is 5.64. The maximum Gasteiger partial charge on any atom is 0.298 e. The number of nitrogen functional groups attached to an aromatic ring is 1. The summed E-state index contributed by atoms with van der Waals surface area (Å²) in [5.74, 6) is -0.314. The van der Waals surface area contributed by atoms with E-state index in [-0.39, 0.29) is 34.6 Å². The van der Waals surface area contributed by atoms with Crippen molar-refractivity contribution in [2.45, 2.75) is 26.3 Å². The van der Waals surface area contributed by atoms with Gasteiger partial charge in [0.2, 0.25) is 5.91 Å². The molecule has 11 nitrogen and oxygen atoms in total. The number of nitrogens with two attached hydrogens (primary N) is 1. The number of amides is 1. The first-order chi connectivity index (χ1) is 21.7. The van der Waals surface area contributed by atoms with Crippen LogP contribution in [0.1, 0.15) is 30.5 Å². The molecule has 0 bridgehead atoms. The summed E-state index contributed by atoms with van der Waals surface area (Å²) >= 11 is 0. The van der Waals surface area contributed by atoms with Crippen LogP contribution in [0.2, 0.25) is 0 Å². The number of ether oxygens (including phenoxy) is 1. The first kappa shape index (κ1) is 29.9. The van der Waals surface area contributed by atoms with Gasteiger partial charge in [0.25, 0.3) is 6.47 Å². The highest BCUT2D eigenvalue weighted by Gasteiger charge is 2.35. The van der Waals surface area contributed by atoms with Crippen LogP contribution in [0, 0.1) is 18.7 Å². The van der Waals surface area contributed by atoms with E-state index in [4.69, 9.17) is 15.6 Å². The largest absolute Gasteiger partial charge is 0.508 e. The number of phenolic OH excluding ortho intramolecular Hbond substituents is 1. The average Bonchev–Trinajstić information content (AvgIpc) is 3.40. The van der Waals surface area contributed by atoms with Crippen molar-refractivity contribution in [2.75, 3.05) is 39.0 Å². The number of carbonyl (C=O) groups excluding carboxylic acids is 2. The minimum absolute atomic E-state index is 0.0158. The van der Waals surface area contributed by atoms with Crippen molar-refractivity contribution < 1.29 is 23.8 Å². The van der Waals surface area contributed by atoms with Gasteiger partial charge in [-0.3, -0.25) is 9.59 Å². The fourth-order valence-corrected chi connectivity index (χ4v) is 6.23. The molecule has 1 unspecified atom stereocenters. The van der Waals surface area contributed by atoms with Gasteiger partial charge < -0.3 is 25.4 Å². The number of hydrogen-bond acceptors (Lipinski definition) is 9. The quantitative estimate of drug-likeness (QED) is 0.223. The lowest BCUT2D eigenvalue weighted by Gasteiger charge is -2.39.